The van der Waals surface area contributed by atoms with Gasteiger partial charge in [-0.1, -0.05) is 5.16 Å². The molecule has 0 saturated carbocycles. The van der Waals surface area contributed by atoms with Gasteiger partial charge in [0.25, 0.3) is 0 Å². The molecule has 1 N–H and O–H groups in total. The average molecular weight is 305 g/mol. The molecule has 3 rings (SSSR count). The molecule has 3 heterocycles. The molecule has 2 aromatic heterocycles. The zero-order chi connectivity index (χ0) is 15.0. The van der Waals surface area contributed by atoms with Crippen molar-refractivity contribution in [2.75, 3.05) is 11.9 Å². The van der Waals surface area contributed by atoms with Crippen molar-refractivity contribution in [2.45, 2.75) is 26.3 Å². The van der Waals surface area contributed by atoms with E-state index in [1.165, 1.54) is 4.88 Å². The van der Waals surface area contributed by atoms with E-state index in [-0.39, 0.29) is 11.9 Å². The minimum atomic E-state index is -0.686. The van der Waals surface area contributed by atoms with E-state index in [0.29, 0.717) is 12.3 Å². The zero-order valence-electron chi connectivity index (χ0n) is 11.8. The van der Waals surface area contributed by atoms with Gasteiger partial charge in [-0.2, -0.15) is 0 Å². The standard InChI is InChI=1S/C14H15N3O3S/c1-8-7-12(16-20-8)15-13(18)14(19)17-5-3-11-10(9(17)2)4-6-21-11/h4,6-7,9H,3,5H2,1-2H3,(H,15,16,18)/t9-/m1/s1. The Morgan fingerprint density at radius 1 is 1.52 bits per heavy atom. The van der Waals surface area contributed by atoms with Gasteiger partial charge in [0, 0.05) is 17.5 Å². The second-order valence-corrected chi connectivity index (χ2v) is 6.00. The molecule has 21 heavy (non-hydrogen) atoms. The van der Waals surface area contributed by atoms with Crippen molar-refractivity contribution in [1.82, 2.24) is 10.1 Å². The van der Waals surface area contributed by atoms with Gasteiger partial charge >= 0.3 is 11.8 Å². The monoisotopic (exact) mass is 305 g/mol. The first-order valence-corrected chi connectivity index (χ1v) is 7.56. The normalized spacial score (nSPS) is 17.4. The molecule has 7 heteroatoms. The molecule has 1 aliphatic heterocycles. The number of anilines is 1. The van der Waals surface area contributed by atoms with Crippen LogP contribution in [0.5, 0.6) is 0 Å². The van der Waals surface area contributed by atoms with Crippen LogP contribution in [0.25, 0.3) is 0 Å². The predicted octanol–water partition coefficient (Wildman–Crippen LogP) is 2.13. The smallest absolute Gasteiger partial charge is 0.315 e. The molecule has 2 aromatic rings. The first-order valence-electron chi connectivity index (χ1n) is 6.68. The van der Waals surface area contributed by atoms with Gasteiger partial charge in [0.15, 0.2) is 5.82 Å². The zero-order valence-corrected chi connectivity index (χ0v) is 12.6. The van der Waals surface area contributed by atoms with E-state index < -0.39 is 11.8 Å². The molecule has 0 spiro atoms. The second kappa shape index (κ2) is 5.33. The minimum absolute atomic E-state index is 0.0858. The maximum atomic E-state index is 12.3. The van der Waals surface area contributed by atoms with Gasteiger partial charge in [-0.05, 0) is 37.3 Å². The Morgan fingerprint density at radius 3 is 3.05 bits per heavy atom. The summed E-state index contributed by atoms with van der Waals surface area (Å²) in [5.74, 6) is -0.396. The Bertz CT molecular complexity index is 691. The summed E-state index contributed by atoms with van der Waals surface area (Å²) in [6, 6.07) is 3.50. The van der Waals surface area contributed by atoms with Gasteiger partial charge < -0.3 is 9.42 Å². The van der Waals surface area contributed by atoms with Crippen LogP contribution in [0.4, 0.5) is 5.82 Å². The number of carbonyl (C=O) groups is 2. The van der Waals surface area contributed by atoms with E-state index in [1.54, 1.807) is 29.2 Å². The lowest BCUT2D eigenvalue weighted by atomic mass is 10.0. The summed E-state index contributed by atoms with van der Waals surface area (Å²) >= 11 is 1.70. The van der Waals surface area contributed by atoms with Gasteiger partial charge in [-0.15, -0.1) is 11.3 Å². The first-order chi connectivity index (χ1) is 10.1. The van der Waals surface area contributed by atoms with Crippen LogP contribution in [0.2, 0.25) is 0 Å². The number of aromatic nitrogens is 1. The number of nitrogens with zero attached hydrogens (tertiary/aromatic N) is 2. The number of hydrogen-bond acceptors (Lipinski definition) is 5. The van der Waals surface area contributed by atoms with Crippen LogP contribution < -0.4 is 5.32 Å². The van der Waals surface area contributed by atoms with Crippen LogP contribution in [-0.4, -0.2) is 28.4 Å². The molecule has 6 nitrogen and oxygen atoms in total. The number of fused-ring (bicyclic) bond motifs is 1. The lowest BCUT2D eigenvalue weighted by molar-refractivity contribution is -0.145. The van der Waals surface area contributed by atoms with Gasteiger partial charge in [0.05, 0.1) is 6.04 Å². The molecule has 110 valence electrons. The third kappa shape index (κ3) is 2.56. The van der Waals surface area contributed by atoms with Crippen LogP contribution in [-0.2, 0) is 16.0 Å². The van der Waals surface area contributed by atoms with Crippen molar-refractivity contribution in [1.29, 1.82) is 0 Å². The molecule has 2 amide bonds. The Morgan fingerprint density at radius 2 is 2.33 bits per heavy atom. The molecule has 1 aliphatic rings. The van der Waals surface area contributed by atoms with E-state index in [4.69, 9.17) is 4.52 Å². The Balaban J connectivity index is 1.72. The van der Waals surface area contributed by atoms with E-state index in [2.05, 4.69) is 10.5 Å². The van der Waals surface area contributed by atoms with Gasteiger partial charge in [0.1, 0.15) is 5.76 Å². The van der Waals surface area contributed by atoms with Crippen molar-refractivity contribution >= 4 is 29.0 Å². The highest BCUT2D eigenvalue weighted by molar-refractivity contribution is 7.10. The summed E-state index contributed by atoms with van der Waals surface area (Å²) in [6.07, 6.45) is 0.791. The Kier molecular flexibility index (Phi) is 3.50. The SMILES string of the molecule is Cc1cc(NC(=O)C(=O)N2CCc3sccc3[C@H]2C)no1. The maximum Gasteiger partial charge on any atom is 0.315 e. The van der Waals surface area contributed by atoms with Crippen LogP contribution >= 0.6 is 11.3 Å². The van der Waals surface area contributed by atoms with E-state index >= 15 is 0 Å². The number of nitrogens with one attached hydrogen (secondary N) is 1. The highest BCUT2D eigenvalue weighted by atomic mass is 32.1. The molecule has 1 atom stereocenters. The summed E-state index contributed by atoms with van der Waals surface area (Å²) in [5, 5.41) is 8.14. The molecule has 0 bridgehead atoms. The summed E-state index contributed by atoms with van der Waals surface area (Å²) in [5.41, 5.74) is 1.13. The first kappa shape index (κ1) is 13.8. The topological polar surface area (TPSA) is 75.4 Å². The highest BCUT2D eigenvalue weighted by Crippen LogP contribution is 2.32. The average Bonchev–Trinajstić information content (AvgIpc) is 3.08. The lowest BCUT2D eigenvalue weighted by Gasteiger charge is -2.32. The molecule has 0 aliphatic carbocycles. The molecule has 0 aromatic carbocycles. The maximum absolute atomic E-state index is 12.3. The van der Waals surface area contributed by atoms with Crippen molar-refractivity contribution in [2.24, 2.45) is 0 Å². The number of carbonyl (C=O) groups excluding carboxylic acids is 2. The molecule has 0 radical (unpaired) electrons. The fourth-order valence-electron chi connectivity index (χ4n) is 2.51. The summed E-state index contributed by atoms with van der Waals surface area (Å²) < 4.78 is 4.86. The molecule has 0 fully saturated rings. The molecular formula is C14H15N3O3S. The molecular weight excluding hydrogens is 290 g/mol. The van der Waals surface area contributed by atoms with Crippen molar-refractivity contribution in [3.8, 4) is 0 Å². The number of amides is 2. The minimum Gasteiger partial charge on any atom is -0.360 e. The lowest BCUT2D eigenvalue weighted by Crippen LogP contribution is -2.44. The number of hydrogen-bond donors (Lipinski definition) is 1. The fourth-order valence-corrected chi connectivity index (χ4v) is 3.48. The summed E-state index contributed by atoms with van der Waals surface area (Å²) in [4.78, 5) is 27.2. The second-order valence-electron chi connectivity index (χ2n) is 5.00. The van der Waals surface area contributed by atoms with Crippen LogP contribution in [0, 0.1) is 6.92 Å². The number of aryl methyl sites for hydroxylation is 1. The van der Waals surface area contributed by atoms with Crippen molar-refractivity contribution in [3.05, 3.63) is 33.7 Å². The van der Waals surface area contributed by atoms with Gasteiger partial charge in [-0.3, -0.25) is 14.9 Å². The van der Waals surface area contributed by atoms with E-state index in [1.807, 2.05) is 18.4 Å². The van der Waals surface area contributed by atoms with Gasteiger partial charge in [0.2, 0.25) is 0 Å². The third-order valence-electron chi connectivity index (χ3n) is 3.60. The molecule has 0 unspecified atom stereocenters. The highest BCUT2D eigenvalue weighted by Gasteiger charge is 2.32. The van der Waals surface area contributed by atoms with Crippen LogP contribution in [0.15, 0.2) is 22.0 Å². The largest absolute Gasteiger partial charge is 0.360 e. The predicted molar refractivity (Wildman–Crippen MR) is 78.0 cm³/mol. The Hall–Kier alpha value is -2.15. The van der Waals surface area contributed by atoms with Gasteiger partial charge in [-0.25, -0.2) is 0 Å². The van der Waals surface area contributed by atoms with Crippen molar-refractivity contribution < 1.29 is 14.1 Å². The summed E-state index contributed by atoms with van der Waals surface area (Å²) in [7, 11) is 0. The summed E-state index contributed by atoms with van der Waals surface area (Å²) in [6.45, 7) is 4.21. The van der Waals surface area contributed by atoms with Crippen LogP contribution in [0.1, 0.15) is 29.2 Å². The third-order valence-corrected chi connectivity index (χ3v) is 4.60. The quantitative estimate of drug-likeness (QED) is 0.819. The van der Waals surface area contributed by atoms with E-state index in [0.717, 1.165) is 12.0 Å². The van der Waals surface area contributed by atoms with E-state index in [9.17, 15) is 9.59 Å². The fraction of sp³-hybridized carbons (Fsp3) is 0.357. The van der Waals surface area contributed by atoms with Crippen molar-refractivity contribution in [3.63, 3.8) is 0 Å². The van der Waals surface area contributed by atoms with Crippen LogP contribution in [0.3, 0.4) is 0 Å². The number of rotatable bonds is 1. The number of thiophene rings is 1. The Labute approximate surface area is 125 Å². The molecule has 0 saturated heterocycles.